The number of allylic oxidation sites excluding steroid dienone is 1. The van der Waals surface area contributed by atoms with Crippen molar-refractivity contribution in [1.82, 2.24) is 0 Å². The highest BCUT2D eigenvalue weighted by Gasteiger charge is 2.17. The molecule has 0 bridgehead atoms. The van der Waals surface area contributed by atoms with Crippen molar-refractivity contribution in [1.29, 1.82) is 0 Å². The second-order valence-corrected chi connectivity index (χ2v) is 9.67. The monoisotopic (exact) mass is 595 g/mol. The van der Waals surface area contributed by atoms with E-state index in [0.29, 0.717) is 20.5 Å². The quantitative estimate of drug-likeness (QED) is 0.0953. The molecule has 3 aromatic rings. The third kappa shape index (κ3) is 5.88. The lowest BCUT2D eigenvalue weighted by Crippen LogP contribution is -2.01. The summed E-state index contributed by atoms with van der Waals surface area (Å²) in [5.41, 5.74) is 1.06. The lowest BCUT2D eigenvalue weighted by Gasteiger charge is -2.08. The van der Waals surface area contributed by atoms with Gasteiger partial charge in [0, 0.05) is 25.5 Å². The minimum Gasteiger partial charge on any atom is -0.288 e. The van der Waals surface area contributed by atoms with Crippen molar-refractivity contribution in [3.05, 3.63) is 106 Å². The van der Waals surface area contributed by atoms with Crippen molar-refractivity contribution in [3.8, 4) is 0 Å². The first-order valence-corrected chi connectivity index (χ1v) is 11.4. The molecule has 0 saturated carbocycles. The number of ketones is 1. The molecule has 0 aliphatic rings. The number of Topliss-reactive ketones (excluding diaryl/α,β-unsaturated/α-hetero) is 1. The molecule has 146 valence electrons. The van der Waals surface area contributed by atoms with Crippen LogP contribution in [0.1, 0.15) is 15.9 Å². The van der Waals surface area contributed by atoms with E-state index in [4.69, 9.17) is 0 Å². The lowest BCUT2D eigenvalue weighted by molar-refractivity contribution is -0.385. The second kappa shape index (κ2) is 9.84. The molecule has 0 radical (unpaired) electrons. The van der Waals surface area contributed by atoms with Gasteiger partial charge in [0.05, 0.1) is 14.3 Å². The van der Waals surface area contributed by atoms with E-state index in [1.54, 1.807) is 42.5 Å². The van der Waals surface area contributed by atoms with Crippen LogP contribution in [0.25, 0.3) is 6.08 Å². The maximum atomic E-state index is 13.2. The largest absolute Gasteiger partial charge is 0.288 e. The topological polar surface area (TPSA) is 60.2 Å². The second-order valence-electron chi connectivity index (χ2n) is 5.87. The van der Waals surface area contributed by atoms with Crippen LogP contribution in [0.2, 0.25) is 0 Å². The van der Waals surface area contributed by atoms with E-state index < -0.39 is 4.92 Å². The van der Waals surface area contributed by atoms with Crippen LogP contribution >= 0.6 is 59.6 Å². The normalized spacial score (nSPS) is 11.3. The van der Waals surface area contributed by atoms with Gasteiger partial charge in [-0.25, -0.2) is 0 Å². The number of nitro benzene ring substituents is 1. The summed E-state index contributed by atoms with van der Waals surface area (Å²) >= 11 is 11.3. The van der Waals surface area contributed by atoms with Crippen LogP contribution in [0, 0.1) is 10.1 Å². The number of benzene rings is 3. The Labute approximate surface area is 196 Å². The van der Waals surface area contributed by atoms with Crippen molar-refractivity contribution < 1.29 is 9.72 Å². The highest BCUT2D eigenvalue weighted by atomic mass is 79.9. The number of carbonyl (C=O) groups is 1. The Morgan fingerprint density at radius 3 is 2.07 bits per heavy atom. The summed E-state index contributed by atoms with van der Waals surface area (Å²) in [5, 5.41) is 11.2. The maximum absolute atomic E-state index is 13.2. The molecule has 0 fully saturated rings. The molecule has 0 aromatic heterocycles. The van der Waals surface area contributed by atoms with Gasteiger partial charge in [-0.3, -0.25) is 14.9 Å². The number of halogens is 3. The molecule has 0 N–H and O–H groups in total. The molecule has 0 aliphatic heterocycles. The van der Waals surface area contributed by atoms with Gasteiger partial charge in [0.25, 0.3) is 5.69 Å². The SMILES string of the molecule is O=C(C(=Cc1ccc(Br)c([N+](=O)[O-])c1)Sc1ccc(Br)cc1)c1ccc(Br)cc1. The molecule has 4 nitrogen and oxygen atoms in total. The van der Waals surface area contributed by atoms with E-state index in [1.807, 2.05) is 24.3 Å². The Balaban J connectivity index is 2.04. The fourth-order valence-corrected chi connectivity index (χ4v) is 4.28. The third-order valence-corrected chi connectivity index (χ3v) is 6.60. The zero-order valence-electron chi connectivity index (χ0n) is 14.6. The van der Waals surface area contributed by atoms with Crippen LogP contribution < -0.4 is 0 Å². The molecule has 0 heterocycles. The zero-order valence-corrected chi connectivity index (χ0v) is 20.2. The number of rotatable bonds is 6. The first kappa shape index (κ1) is 22.0. The van der Waals surface area contributed by atoms with E-state index in [9.17, 15) is 14.9 Å². The van der Waals surface area contributed by atoms with Crippen molar-refractivity contribution in [2.75, 3.05) is 0 Å². The van der Waals surface area contributed by atoms with Crippen molar-refractivity contribution in [2.24, 2.45) is 0 Å². The average molecular weight is 598 g/mol. The van der Waals surface area contributed by atoms with Gasteiger partial charge < -0.3 is 0 Å². The molecule has 0 atom stereocenters. The van der Waals surface area contributed by atoms with Gasteiger partial charge in [0.2, 0.25) is 0 Å². The Kier molecular flexibility index (Phi) is 7.45. The van der Waals surface area contributed by atoms with Crippen LogP contribution in [-0.4, -0.2) is 10.7 Å². The van der Waals surface area contributed by atoms with Crippen LogP contribution in [0.15, 0.2) is 89.9 Å². The van der Waals surface area contributed by atoms with Crippen molar-refractivity contribution >= 4 is 77.1 Å². The molecule has 3 rings (SSSR count). The van der Waals surface area contributed by atoms with Crippen molar-refractivity contribution in [2.45, 2.75) is 4.90 Å². The summed E-state index contributed by atoms with van der Waals surface area (Å²) in [6.07, 6.45) is 1.68. The highest BCUT2D eigenvalue weighted by Crippen LogP contribution is 2.33. The standard InChI is InChI=1S/C21H12Br3NO3S/c22-15-4-2-14(3-5-15)21(26)20(29-17-8-6-16(23)7-9-17)12-13-1-10-18(24)19(11-13)25(27)28/h1-12H. The lowest BCUT2D eigenvalue weighted by atomic mass is 10.1. The maximum Gasteiger partial charge on any atom is 0.284 e. The predicted molar refractivity (Wildman–Crippen MR) is 127 cm³/mol. The summed E-state index contributed by atoms with van der Waals surface area (Å²) in [5.74, 6) is -0.156. The molecule has 3 aromatic carbocycles. The summed E-state index contributed by atoms with van der Waals surface area (Å²) in [7, 11) is 0. The van der Waals surface area contributed by atoms with Gasteiger partial charge in [-0.05, 0) is 82.2 Å². The first-order chi connectivity index (χ1) is 13.8. The fraction of sp³-hybridized carbons (Fsp3) is 0. The van der Waals surface area contributed by atoms with E-state index >= 15 is 0 Å². The Bertz CT molecular complexity index is 1100. The molecule has 8 heteroatoms. The molecule has 0 unspecified atom stereocenters. The molecular formula is C21H12Br3NO3S. The van der Waals surface area contributed by atoms with E-state index in [1.165, 1.54) is 17.8 Å². The molecule has 0 spiro atoms. The smallest absolute Gasteiger partial charge is 0.284 e. The number of carbonyl (C=O) groups excluding carboxylic acids is 1. The highest BCUT2D eigenvalue weighted by molar-refractivity contribution is 9.11. The van der Waals surface area contributed by atoms with E-state index in [2.05, 4.69) is 47.8 Å². The predicted octanol–water partition coefficient (Wildman–Crippen LogP) is 7.90. The number of hydrogen-bond acceptors (Lipinski definition) is 4. The van der Waals surface area contributed by atoms with Crippen LogP contribution in [0.4, 0.5) is 5.69 Å². The fourth-order valence-electron chi connectivity index (χ4n) is 2.43. The summed E-state index contributed by atoms with van der Waals surface area (Å²) in [4.78, 5) is 25.3. The summed E-state index contributed by atoms with van der Waals surface area (Å²) in [6, 6.07) is 19.5. The van der Waals surface area contributed by atoms with Crippen LogP contribution in [-0.2, 0) is 0 Å². The minimum absolute atomic E-state index is 0.0529. The van der Waals surface area contributed by atoms with Gasteiger partial charge in [0.15, 0.2) is 5.78 Å². The minimum atomic E-state index is -0.459. The number of thioether (sulfide) groups is 1. The first-order valence-electron chi connectivity index (χ1n) is 8.23. The molecule has 0 aliphatic carbocycles. The van der Waals surface area contributed by atoms with Gasteiger partial charge in [-0.15, -0.1) is 0 Å². The van der Waals surface area contributed by atoms with E-state index in [0.717, 1.165) is 13.8 Å². The van der Waals surface area contributed by atoms with Crippen LogP contribution in [0.5, 0.6) is 0 Å². The van der Waals surface area contributed by atoms with Gasteiger partial charge >= 0.3 is 0 Å². The molecular weight excluding hydrogens is 586 g/mol. The Hall–Kier alpha value is -1.74. The number of nitro groups is 1. The van der Waals surface area contributed by atoms with Crippen molar-refractivity contribution in [3.63, 3.8) is 0 Å². The van der Waals surface area contributed by atoms with Gasteiger partial charge in [-0.1, -0.05) is 49.7 Å². The van der Waals surface area contributed by atoms with Crippen LogP contribution in [0.3, 0.4) is 0 Å². The summed E-state index contributed by atoms with van der Waals surface area (Å²) < 4.78 is 2.21. The molecule has 0 saturated heterocycles. The molecule has 29 heavy (non-hydrogen) atoms. The Morgan fingerprint density at radius 1 is 0.897 bits per heavy atom. The average Bonchev–Trinajstić information content (AvgIpc) is 2.70. The molecule has 0 amide bonds. The zero-order chi connectivity index (χ0) is 21.0. The third-order valence-electron chi connectivity index (χ3n) is 3.84. The summed E-state index contributed by atoms with van der Waals surface area (Å²) in [6.45, 7) is 0. The van der Waals surface area contributed by atoms with Gasteiger partial charge in [-0.2, -0.15) is 0 Å². The van der Waals surface area contributed by atoms with Gasteiger partial charge in [0.1, 0.15) is 0 Å². The number of nitrogens with zero attached hydrogens (tertiary/aromatic N) is 1. The Morgan fingerprint density at radius 2 is 1.48 bits per heavy atom. The van der Waals surface area contributed by atoms with E-state index in [-0.39, 0.29) is 11.5 Å². The number of hydrogen-bond donors (Lipinski definition) is 0.